The van der Waals surface area contributed by atoms with E-state index in [2.05, 4.69) is 5.32 Å². The van der Waals surface area contributed by atoms with Gasteiger partial charge in [0.2, 0.25) is 5.91 Å². The van der Waals surface area contributed by atoms with Crippen LogP contribution in [0.15, 0.2) is 0 Å². The lowest BCUT2D eigenvalue weighted by Crippen LogP contribution is -2.27. The second-order valence-corrected chi connectivity index (χ2v) is 2.85. The lowest BCUT2D eigenvalue weighted by Gasteiger charge is -2.17. The molecule has 0 unspecified atom stereocenters. The Balaban J connectivity index is 2.40. The standard InChI is InChI=1S/C7H14N2O2/c1-2-6(11-8)5-3-7(10)9-4-5/h5-6H,2-4,8H2,1H3,(H,9,10)/t5-,6+/m1/s1. The fraction of sp³-hybridized carbons (Fsp3) is 0.857. The number of carbonyl (C=O) groups is 1. The van der Waals surface area contributed by atoms with Gasteiger partial charge in [-0.25, -0.2) is 5.90 Å². The lowest BCUT2D eigenvalue weighted by molar-refractivity contribution is -0.119. The maximum atomic E-state index is 10.8. The van der Waals surface area contributed by atoms with Crippen molar-refractivity contribution in [1.29, 1.82) is 0 Å². The van der Waals surface area contributed by atoms with Gasteiger partial charge in [-0.3, -0.25) is 4.79 Å². The van der Waals surface area contributed by atoms with E-state index in [1.807, 2.05) is 6.92 Å². The van der Waals surface area contributed by atoms with E-state index in [1.165, 1.54) is 0 Å². The normalized spacial score (nSPS) is 26.7. The Morgan fingerprint density at radius 3 is 3.00 bits per heavy atom. The van der Waals surface area contributed by atoms with Crippen LogP contribution in [0, 0.1) is 5.92 Å². The number of nitrogens with one attached hydrogen (secondary N) is 1. The van der Waals surface area contributed by atoms with E-state index < -0.39 is 0 Å². The van der Waals surface area contributed by atoms with E-state index in [9.17, 15) is 4.79 Å². The molecule has 2 atom stereocenters. The van der Waals surface area contributed by atoms with Gasteiger partial charge in [0.1, 0.15) is 0 Å². The molecular weight excluding hydrogens is 144 g/mol. The lowest BCUT2D eigenvalue weighted by atomic mass is 10.00. The van der Waals surface area contributed by atoms with Crippen molar-refractivity contribution in [3.63, 3.8) is 0 Å². The van der Waals surface area contributed by atoms with Crippen LogP contribution in [-0.2, 0) is 9.63 Å². The minimum Gasteiger partial charge on any atom is -0.356 e. The van der Waals surface area contributed by atoms with Crippen molar-refractivity contribution < 1.29 is 9.63 Å². The summed E-state index contributed by atoms with van der Waals surface area (Å²) in [5.41, 5.74) is 0. The second-order valence-electron chi connectivity index (χ2n) is 2.85. The van der Waals surface area contributed by atoms with E-state index in [0.29, 0.717) is 13.0 Å². The summed E-state index contributed by atoms with van der Waals surface area (Å²) in [7, 11) is 0. The van der Waals surface area contributed by atoms with E-state index in [1.54, 1.807) is 0 Å². The Kier molecular flexibility index (Phi) is 2.84. The topological polar surface area (TPSA) is 64.3 Å². The van der Waals surface area contributed by atoms with E-state index >= 15 is 0 Å². The number of carbonyl (C=O) groups excluding carboxylic acids is 1. The third-order valence-electron chi connectivity index (χ3n) is 2.11. The first kappa shape index (κ1) is 8.49. The van der Waals surface area contributed by atoms with Gasteiger partial charge < -0.3 is 10.2 Å². The highest BCUT2D eigenvalue weighted by atomic mass is 16.6. The molecule has 4 nitrogen and oxygen atoms in total. The molecular formula is C7H14N2O2. The Labute approximate surface area is 66.0 Å². The highest BCUT2D eigenvalue weighted by Gasteiger charge is 2.28. The summed E-state index contributed by atoms with van der Waals surface area (Å²) in [6.45, 7) is 2.70. The molecule has 0 spiro atoms. The first-order chi connectivity index (χ1) is 5.27. The van der Waals surface area contributed by atoms with E-state index in [0.717, 1.165) is 6.42 Å². The summed E-state index contributed by atoms with van der Waals surface area (Å²) < 4.78 is 0. The number of rotatable bonds is 3. The van der Waals surface area contributed by atoms with Gasteiger partial charge in [-0.2, -0.15) is 0 Å². The third-order valence-corrected chi connectivity index (χ3v) is 2.11. The van der Waals surface area contributed by atoms with Gasteiger partial charge in [0.25, 0.3) is 0 Å². The van der Waals surface area contributed by atoms with Gasteiger partial charge in [-0.1, -0.05) is 6.92 Å². The molecule has 0 aromatic rings. The van der Waals surface area contributed by atoms with Crippen LogP contribution in [0.3, 0.4) is 0 Å². The van der Waals surface area contributed by atoms with Gasteiger partial charge in [-0.05, 0) is 6.42 Å². The molecule has 11 heavy (non-hydrogen) atoms. The largest absolute Gasteiger partial charge is 0.356 e. The van der Waals surface area contributed by atoms with Crippen molar-refractivity contribution in [2.24, 2.45) is 11.8 Å². The zero-order valence-electron chi connectivity index (χ0n) is 6.67. The van der Waals surface area contributed by atoms with Crippen LogP contribution in [-0.4, -0.2) is 18.6 Å². The first-order valence-corrected chi connectivity index (χ1v) is 3.90. The Hall–Kier alpha value is -0.610. The van der Waals surface area contributed by atoms with Gasteiger partial charge in [-0.15, -0.1) is 0 Å². The molecule has 0 bridgehead atoms. The van der Waals surface area contributed by atoms with Crippen LogP contribution in [0.4, 0.5) is 0 Å². The predicted molar refractivity (Wildman–Crippen MR) is 40.5 cm³/mol. The molecule has 64 valence electrons. The summed E-state index contributed by atoms with van der Waals surface area (Å²) in [5.74, 6) is 5.43. The third kappa shape index (κ3) is 1.91. The van der Waals surface area contributed by atoms with Crippen LogP contribution in [0.1, 0.15) is 19.8 Å². The summed E-state index contributed by atoms with van der Waals surface area (Å²) in [6, 6.07) is 0. The van der Waals surface area contributed by atoms with Crippen LogP contribution < -0.4 is 11.2 Å². The molecule has 1 rings (SSSR count). The highest BCUT2D eigenvalue weighted by molar-refractivity contribution is 5.78. The van der Waals surface area contributed by atoms with Crippen molar-refractivity contribution in [2.45, 2.75) is 25.9 Å². The molecule has 4 heteroatoms. The minimum absolute atomic E-state index is 0.0222. The van der Waals surface area contributed by atoms with E-state index in [4.69, 9.17) is 10.7 Å². The summed E-state index contributed by atoms with van der Waals surface area (Å²) in [5, 5.41) is 2.74. The van der Waals surface area contributed by atoms with Crippen molar-refractivity contribution in [2.75, 3.05) is 6.54 Å². The molecule has 0 aliphatic carbocycles. The van der Waals surface area contributed by atoms with Crippen molar-refractivity contribution >= 4 is 5.91 Å². The average molecular weight is 158 g/mol. The summed E-state index contributed by atoms with van der Waals surface area (Å²) >= 11 is 0. The van der Waals surface area contributed by atoms with Gasteiger partial charge >= 0.3 is 0 Å². The van der Waals surface area contributed by atoms with Gasteiger partial charge in [0.05, 0.1) is 6.10 Å². The first-order valence-electron chi connectivity index (χ1n) is 3.90. The molecule has 0 radical (unpaired) electrons. The fourth-order valence-electron chi connectivity index (χ4n) is 1.43. The summed E-state index contributed by atoms with van der Waals surface area (Å²) in [4.78, 5) is 15.5. The number of hydrogen-bond donors (Lipinski definition) is 2. The molecule has 3 N–H and O–H groups in total. The van der Waals surface area contributed by atoms with Gasteiger partial charge in [0, 0.05) is 18.9 Å². The van der Waals surface area contributed by atoms with Crippen LogP contribution in [0.25, 0.3) is 0 Å². The monoisotopic (exact) mass is 158 g/mol. The average Bonchev–Trinajstić information content (AvgIpc) is 2.39. The Morgan fingerprint density at radius 1 is 1.91 bits per heavy atom. The summed E-state index contributed by atoms with van der Waals surface area (Å²) in [6.07, 6.45) is 1.43. The SMILES string of the molecule is CC[C@H](ON)[C@H]1CNC(=O)C1. The maximum absolute atomic E-state index is 10.8. The second kappa shape index (κ2) is 3.69. The predicted octanol–water partition coefficient (Wildman–Crippen LogP) is -0.209. The molecule has 0 saturated carbocycles. The molecule has 0 aromatic carbocycles. The number of amides is 1. The van der Waals surface area contributed by atoms with Crippen LogP contribution in [0.2, 0.25) is 0 Å². The smallest absolute Gasteiger partial charge is 0.220 e. The molecule has 1 aliphatic rings. The zero-order chi connectivity index (χ0) is 8.27. The molecule has 1 aliphatic heterocycles. The van der Waals surface area contributed by atoms with Crippen LogP contribution >= 0.6 is 0 Å². The van der Waals surface area contributed by atoms with Crippen molar-refractivity contribution in [3.8, 4) is 0 Å². The maximum Gasteiger partial charge on any atom is 0.220 e. The number of hydrogen-bond acceptors (Lipinski definition) is 3. The number of nitrogens with two attached hydrogens (primary N) is 1. The molecule has 1 saturated heterocycles. The molecule has 1 heterocycles. The molecule has 0 aromatic heterocycles. The minimum atomic E-state index is 0.0222. The molecule has 1 fully saturated rings. The fourth-order valence-corrected chi connectivity index (χ4v) is 1.43. The van der Waals surface area contributed by atoms with Crippen LogP contribution in [0.5, 0.6) is 0 Å². The highest BCUT2D eigenvalue weighted by Crippen LogP contribution is 2.17. The molecule has 1 amide bonds. The van der Waals surface area contributed by atoms with Gasteiger partial charge in [0.15, 0.2) is 0 Å². The Bertz CT molecular complexity index is 145. The quantitative estimate of drug-likeness (QED) is 0.559. The Morgan fingerprint density at radius 2 is 2.64 bits per heavy atom. The zero-order valence-corrected chi connectivity index (χ0v) is 6.67. The van der Waals surface area contributed by atoms with Crippen molar-refractivity contribution in [1.82, 2.24) is 5.32 Å². The van der Waals surface area contributed by atoms with E-state index in [-0.39, 0.29) is 17.9 Å². The van der Waals surface area contributed by atoms with Crippen molar-refractivity contribution in [3.05, 3.63) is 0 Å².